The summed E-state index contributed by atoms with van der Waals surface area (Å²) < 4.78 is 0. The molecule has 2 aromatic carbocycles. The Morgan fingerprint density at radius 3 is 1.80 bits per heavy atom. The number of phenols is 1. The minimum absolute atomic E-state index is 0.0694. The number of hydrogen-bond acceptors (Lipinski definition) is 3. The van der Waals surface area contributed by atoms with Crippen molar-refractivity contribution in [3.05, 3.63) is 64.2 Å². The van der Waals surface area contributed by atoms with Crippen LogP contribution in [0.25, 0.3) is 0 Å². The summed E-state index contributed by atoms with van der Waals surface area (Å²) in [5, 5.41) is 22.6. The van der Waals surface area contributed by atoms with E-state index in [-0.39, 0.29) is 22.3 Å². The second-order valence-electron chi connectivity index (χ2n) is 9.82. The highest BCUT2D eigenvalue weighted by Gasteiger charge is 2.26. The zero-order chi connectivity index (χ0) is 22.7. The third-order valence-corrected chi connectivity index (χ3v) is 5.12. The number of aryl methyl sites for hydroxylation is 1. The molecule has 0 aliphatic heterocycles. The van der Waals surface area contributed by atoms with Gasteiger partial charge in [-0.1, -0.05) is 65.8 Å². The first kappa shape index (κ1) is 23.5. The maximum atomic E-state index is 12.3. The number of benzene rings is 2. The molecule has 30 heavy (non-hydrogen) atoms. The van der Waals surface area contributed by atoms with Gasteiger partial charge in [-0.3, -0.25) is 4.79 Å². The molecule has 0 unspecified atom stereocenters. The molecule has 0 aliphatic rings. The molecule has 2 rings (SSSR count). The first-order valence-electron chi connectivity index (χ1n) is 10.2. The molecule has 0 radical (unpaired) electrons. The first-order chi connectivity index (χ1) is 13.8. The molecule has 1 amide bonds. The minimum atomic E-state index is -0.969. The Labute approximate surface area is 179 Å². The normalized spacial score (nSPS) is 11.9. The summed E-state index contributed by atoms with van der Waals surface area (Å²) in [5.74, 6) is -0.697. The Morgan fingerprint density at radius 1 is 0.867 bits per heavy atom. The fourth-order valence-corrected chi connectivity index (χ4v) is 3.29. The summed E-state index contributed by atoms with van der Waals surface area (Å²) in [5.41, 5.74) is 3.48. The lowest BCUT2D eigenvalue weighted by Gasteiger charge is -2.28. The van der Waals surface area contributed by atoms with Gasteiger partial charge in [-0.2, -0.15) is 0 Å². The van der Waals surface area contributed by atoms with Crippen molar-refractivity contribution in [2.75, 3.05) is 0 Å². The highest BCUT2D eigenvalue weighted by molar-refractivity contribution is 5.87. The summed E-state index contributed by atoms with van der Waals surface area (Å²) in [6.07, 6.45) is 0.918. The monoisotopic (exact) mass is 411 g/mol. The number of carbonyl (C=O) groups is 2. The Hall–Kier alpha value is -2.82. The van der Waals surface area contributed by atoms with Gasteiger partial charge in [0.25, 0.3) is 0 Å². The summed E-state index contributed by atoms with van der Waals surface area (Å²) >= 11 is 0. The van der Waals surface area contributed by atoms with E-state index in [1.165, 1.54) is 12.1 Å². The molecule has 0 spiro atoms. The van der Waals surface area contributed by atoms with Crippen molar-refractivity contribution in [3.63, 3.8) is 0 Å². The second-order valence-corrected chi connectivity index (χ2v) is 9.82. The Kier molecular flexibility index (Phi) is 6.96. The van der Waals surface area contributed by atoms with Crippen LogP contribution in [-0.2, 0) is 28.6 Å². The van der Waals surface area contributed by atoms with Crippen molar-refractivity contribution in [1.29, 1.82) is 0 Å². The van der Waals surface area contributed by atoms with Gasteiger partial charge in [0.2, 0.25) is 5.91 Å². The average Bonchev–Trinajstić information content (AvgIpc) is 2.63. The lowest BCUT2D eigenvalue weighted by molar-refractivity contribution is -0.121. The van der Waals surface area contributed by atoms with Gasteiger partial charge in [-0.25, -0.2) is 4.79 Å². The standard InChI is InChI=1S/C25H33NO4/c1-24(2,3)19-13-17(14-20(22(19)28)25(4,5)6)9-12-21(27)26-15-16-7-10-18(11-8-16)23(29)30/h7-8,10-11,13-14,28H,9,12,15H2,1-6H3,(H,26,27)(H,29,30). The van der Waals surface area contributed by atoms with Crippen molar-refractivity contribution >= 4 is 11.9 Å². The molecule has 0 heterocycles. The maximum absolute atomic E-state index is 12.3. The summed E-state index contributed by atoms with van der Waals surface area (Å²) in [4.78, 5) is 23.2. The van der Waals surface area contributed by atoms with Gasteiger partial charge in [0, 0.05) is 13.0 Å². The number of phenolic OH excluding ortho intramolecular Hbond substituents is 1. The van der Waals surface area contributed by atoms with E-state index in [0.29, 0.717) is 25.1 Å². The fourth-order valence-electron chi connectivity index (χ4n) is 3.29. The largest absolute Gasteiger partial charge is 0.507 e. The predicted octanol–water partition coefficient (Wildman–Crippen LogP) is 4.93. The molecule has 3 N–H and O–H groups in total. The van der Waals surface area contributed by atoms with E-state index in [4.69, 9.17) is 5.11 Å². The topological polar surface area (TPSA) is 86.6 Å². The van der Waals surface area contributed by atoms with Crippen LogP contribution >= 0.6 is 0 Å². The third kappa shape index (κ3) is 6.09. The van der Waals surface area contributed by atoms with Crippen molar-refractivity contribution < 1.29 is 19.8 Å². The molecule has 2 aromatic rings. The number of aromatic hydroxyl groups is 1. The highest BCUT2D eigenvalue weighted by Crippen LogP contribution is 2.39. The molecule has 0 aromatic heterocycles. The number of aromatic carboxylic acids is 1. The van der Waals surface area contributed by atoms with Crippen molar-refractivity contribution in [1.82, 2.24) is 5.32 Å². The SMILES string of the molecule is CC(C)(C)c1cc(CCC(=O)NCc2ccc(C(=O)O)cc2)cc(C(C)(C)C)c1O. The fraction of sp³-hybridized carbons (Fsp3) is 0.440. The van der Waals surface area contributed by atoms with Gasteiger partial charge in [0.15, 0.2) is 0 Å². The van der Waals surface area contributed by atoms with Crippen LogP contribution in [0, 0.1) is 0 Å². The summed E-state index contributed by atoms with van der Waals surface area (Å²) in [6.45, 7) is 12.8. The zero-order valence-electron chi connectivity index (χ0n) is 18.8. The van der Waals surface area contributed by atoms with Crippen LogP contribution in [0.3, 0.4) is 0 Å². The number of nitrogens with one attached hydrogen (secondary N) is 1. The molecule has 5 heteroatoms. The number of amides is 1. The Balaban J connectivity index is 2.07. The van der Waals surface area contributed by atoms with Gasteiger partial charge < -0.3 is 15.5 Å². The van der Waals surface area contributed by atoms with E-state index in [2.05, 4.69) is 46.9 Å². The van der Waals surface area contributed by atoms with Gasteiger partial charge in [0.1, 0.15) is 5.75 Å². The number of carboxylic acids is 1. The minimum Gasteiger partial charge on any atom is -0.507 e. The maximum Gasteiger partial charge on any atom is 0.335 e. The van der Waals surface area contributed by atoms with Crippen LogP contribution in [-0.4, -0.2) is 22.1 Å². The zero-order valence-corrected chi connectivity index (χ0v) is 18.8. The summed E-state index contributed by atoms with van der Waals surface area (Å²) in [6, 6.07) is 10.5. The van der Waals surface area contributed by atoms with E-state index in [0.717, 1.165) is 22.3 Å². The molecule has 0 fully saturated rings. The molecule has 5 nitrogen and oxygen atoms in total. The molecule has 0 bridgehead atoms. The van der Waals surface area contributed by atoms with E-state index in [1.54, 1.807) is 12.1 Å². The average molecular weight is 412 g/mol. The Bertz CT molecular complexity index is 881. The molecule has 0 saturated heterocycles. The smallest absolute Gasteiger partial charge is 0.335 e. The van der Waals surface area contributed by atoms with Crippen LogP contribution in [0.1, 0.15) is 80.6 Å². The number of hydrogen-bond donors (Lipinski definition) is 3. The van der Waals surface area contributed by atoms with Crippen molar-refractivity contribution in [2.45, 2.75) is 71.8 Å². The van der Waals surface area contributed by atoms with E-state index in [9.17, 15) is 14.7 Å². The highest BCUT2D eigenvalue weighted by atomic mass is 16.4. The third-order valence-electron chi connectivity index (χ3n) is 5.12. The van der Waals surface area contributed by atoms with Crippen molar-refractivity contribution in [2.24, 2.45) is 0 Å². The molecule has 0 saturated carbocycles. The van der Waals surface area contributed by atoms with E-state index >= 15 is 0 Å². The van der Waals surface area contributed by atoms with E-state index in [1.807, 2.05) is 12.1 Å². The number of carboxylic acid groups (broad SMARTS) is 1. The van der Waals surface area contributed by atoms with Crippen molar-refractivity contribution in [3.8, 4) is 5.75 Å². The first-order valence-corrected chi connectivity index (χ1v) is 10.2. The van der Waals surface area contributed by atoms with Crippen LogP contribution < -0.4 is 5.32 Å². The summed E-state index contributed by atoms with van der Waals surface area (Å²) in [7, 11) is 0. The predicted molar refractivity (Wildman–Crippen MR) is 119 cm³/mol. The van der Waals surface area contributed by atoms with Gasteiger partial charge in [-0.05, 0) is 51.6 Å². The van der Waals surface area contributed by atoms with Gasteiger partial charge >= 0.3 is 5.97 Å². The molecule has 0 atom stereocenters. The number of carbonyl (C=O) groups excluding carboxylic acids is 1. The lowest BCUT2D eigenvalue weighted by Crippen LogP contribution is -2.23. The van der Waals surface area contributed by atoms with Crippen LogP contribution in [0.4, 0.5) is 0 Å². The van der Waals surface area contributed by atoms with Crippen LogP contribution in [0.5, 0.6) is 5.75 Å². The molecular formula is C25H33NO4. The molecule has 162 valence electrons. The lowest BCUT2D eigenvalue weighted by atomic mass is 9.78. The quantitative estimate of drug-likeness (QED) is 0.629. The van der Waals surface area contributed by atoms with Gasteiger partial charge in [0.05, 0.1) is 5.56 Å². The second kappa shape index (κ2) is 8.90. The van der Waals surface area contributed by atoms with Crippen LogP contribution in [0.2, 0.25) is 0 Å². The Morgan fingerprint density at radius 2 is 1.37 bits per heavy atom. The molecular weight excluding hydrogens is 378 g/mol. The molecule has 0 aliphatic carbocycles. The van der Waals surface area contributed by atoms with Gasteiger partial charge in [-0.15, -0.1) is 0 Å². The number of rotatable bonds is 6. The van der Waals surface area contributed by atoms with E-state index < -0.39 is 5.97 Å². The van der Waals surface area contributed by atoms with Crippen LogP contribution in [0.15, 0.2) is 36.4 Å².